The number of carbonyl (C=O) groups excluding carboxylic acids is 2. The maximum absolute atomic E-state index is 11.6. The molecule has 8 nitrogen and oxygen atoms in total. The molecule has 0 aliphatic heterocycles. The van der Waals surface area contributed by atoms with Crippen LogP contribution in [0.1, 0.15) is 10.4 Å². The fourth-order valence-corrected chi connectivity index (χ4v) is 3.34. The van der Waals surface area contributed by atoms with Gasteiger partial charge in [-0.1, -0.05) is 23.9 Å². The Morgan fingerprint density at radius 3 is 2.37 bits per heavy atom. The average molecular weight is 381 g/mol. The number of hydrogen-bond donors (Lipinski definition) is 4. The van der Waals surface area contributed by atoms with E-state index < -0.39 is 11.9 Å². The number of aromatic nitrogens is 1. The summed E-state index contributed by atoms with van der Waals surface area (Å²) in [6.45, 7) is 0. The van der Waals surface area contributed by atoms with Gasteiger partial charge >= 0.3 is 6.03 Å². The zero-order valence-electron chi connectivity index (χ0n) is 13.9. The highest BCUT2D eigenvalue weighted by molar-refractivity contribution is 7.99. The summed E-state index contributed by atoms with van der Waals surface area (Å²) >= 11 is 1.50. The molecule has 2 aromatic carbocycles. The summed E-state index contributed by atoms with van der Waals surface area (Å²) in [4.78, 5) is 38.0. The Hall–Kier alpha value is -3.59. The van der Waals surface area contributed by atoms with Gasteiger partial charge in [0, 0.05) is 15.5 Å². The van der Waals surface area contributed by atoms with Gasteiger partial charge in [-0.3, -0.25) is 10.1 Å². The number of nitrogens with zero attached hydrogens (tertiary/aromatic N) is 1. The smallest absolute Gasteiger partial charge is 0.317 e. The normalized spacial score (nSPS) is 10.4. The second-order valence-electron chi connectivity index (χ2n) is 5.54. The lowest BCUT2D eigenvalue weighted by molar-refractivity contribution is 0.100. The van der Waals surface area contributed by atoms with Crippen LogP contribution in [-0.2, 0) is 0 Å². The van der Waals surface area contributed by atoms with E-state index in [1.54, 1.807) is 18.2 Å². The summed E-state index contributed by atoms with van der Waals surface area (Å²) in [7, 11) is 0. The minimum Gasteiger partial charge on any atom is -0.365 e. The predicted molar refractivity (Wildman–Crippen MR) is 104 cm³/mol. The molecular weight excluding hydrogens is 366 g/mol. The maximum Gasteiger partial charge on any atom is 0.317 e. The average Bonchev–Trinajstić information content (AvgIpc) is 3.06. The molecule has 3 rings (SSSR count). The van der Waals surface area contributed by atoms with Crippen LogP contribution in [0, 0.1) is 4.91 Å². The summed E-state index contributed by atoms with van der Waals surface area (Å²) < 4.78 is 0. The number of hydrogen-bond acceptors (Lipinski definition) is 5. The van der Waals surface area contributed by atoms with Crippen molar-refractivity contribution in [1.29, 1.82) is 0 Å². The first-order valence-corrected chi connectivity index (χ1v) is 8.59. The molecule has 0 spiro atoms. The van der Waals surface area contributed by atoms with Gasteiger partial charge in [-0.15, -0.1) is 4.91 Å². The van der Waals surface area contributed by atoms with E-state index in [2.05, 4.69) is 15.5 Å². The first kappa shape index (κ1) is 18.2. The Morgan fingerprint density at radius 1 is 1.00 bits per heavy atom. The number of anilines is 1. The van der Waals surface area contributed by atoms with Gasteiger partial charge in [0.15, 0.2) is 0 Å². The molecule has 27 heavy (non-hydrogen) atoms. The van der Waals surface area contributed by atoms with Crippen molar-refractivity contribution in [3.8, 4) is 11.3 Å². The molecule has 9 heteroatoms. The van der Waals surface area contributed by atoms with E-state index in [9.17, 15) is 14.5 Å². The third kappa shape index (κ3) is 4.33. The molecule has 0 bridgehead atoms. The van der Waals surface area contributed by atoms with Gasteiger partial charge in [0.2, 0.25) is 0 Å². The summed E-state index contributed by atoms with van der Waals surface area (Å²) in [5, 5.41) is 5.23. The van der Waals surface area contributed by atoms with E-state index in [-0.39, 0.29) is 11.4 Å². The number of nitroso groups, excluding NO2 is 1. The highest BCUT2D eigenvalue weighted by Gasteiger charge is 2.15. The van der Waals surface area contributed by atoms with Crippen molar-refractivity contribution in [2.75, 3.05) is 5.32 Å². The van der Waals surface area contributed by atoms with Crippen LogP contribution >= 0.6 is 11.8 Å². The van der Waals surface area contributed by atoms with Crippen molar-refractivity contribution in [1.82, 2.24) is 4.98 Å². The fraction of sp³-hybridized carbons (Fsp3) is 0. The second-order valence-corrected chi connectivity index (χ2v) is 6.69. The standard InChI is InChI=1S/C18H15N5O3S/c19-16(24)14-9-15(21-17(14)22-18(20)25)10-2-1-3-13(8-10)27-12-6-4-11(23-26)5-7-12/h1-9,21H,(H2,19,24)(H3,20,22,25). The highest BCUT2D eigenvalue weighted by atomic mass is 32.2. The number of primary amides is 2. The summed E-state index contributed by atoms with van der Waals surface area (Å²) in [5.41, 5.74) is 12.4. The summed E-state index contributed by atoms with van der Waals surface area (Å²) in [6, 6.07) is 15.2. The number of rotatable bonds is 6. The van der Waals surface area contributed by atoms with Gasteiger partial charge in [0.25, 0.3) is 5.91 Å². The number of nitrogens with one attached hydrogen (secondary N) is 2. The molecule has 0 aliphatic rings. The van der Waals surface area contributed by atoms with Crippen LogP contribution in [-0.4, -0.2) is 16.9 Å². The van der Waals surface area contributed by atoms with Crippen LogP contribution in [0.4, 0.5) is 16.3 Å². The Kier molecular flexibility index (Phi) is 5.23. The van der Waals surface area contributed by atoms with Crippen LogP contribution in [0.15, 0.2) is 69.6 Å². The Balaban J connectivity index is 1.89. The molecule has 1 heterocycles. The van der Waals surface area contributed by atoms with Gasteiger partial charge in [-0.2, -0.15) is 0 Å². The van der Waals surface area contributed by atoms with E-state index >= 15 is 0 Å². The summed E-state index contributed by atoms with van der Waals surface area (Å²) in [6.07, 6.45) is 0. The molecule has 3 aromatic rings. The number of urea groups is 1. The van der Waals surface area contributed by atoms with Gasteiger partial charge in [0.05, 0.1) is 5.56 Å². The lowest BCUT2D eigenvalue weighted by Crippen LogP contribution is -2.22. The van der Waals surface area contributed by atoms with Crippen molar-refractivity contribution >= 4 is 35.2 Å². The van der Waals surface area contributed by atoms with Crippen molar-refractivity contribution in [3.05, 3.63) is 65.1 Å². The quantitative estimate of drug-likeness (QED) is 0.481. The number of aromatic amines is 1. The van der Waals surface area contributed by atoms with Crippen LogP contribution in [0.2, 0.25) is 0 Å². The van der Waals surface area contributed by atoms with Crippen molar-refractivity contribution < 1.29 is 9.59 Å². The molecule has 0 saturated heterocycles. The topological polar surface area (TPSA) is 143 Å². The first-order chi connectivity index (χ1) is 13.0. The third-order valence-electron chi connectivity index (χ3n) is 3.65. The molecule has 0 saturated carbocycles. The Labute approximate surface area is 158 Å². The lowest BCUT2D eigenvalue weighted by atomic mass is 10.1. The van der Waals surface area contributed by atoms with Gasteiger partial charge in [-0.25, -0.2) is 4.79 Å². The van der Waals surface area contributed by atoms with E-state index in [0.717, 1.165) is 15.4 Å². The van der Waals surface area contributed by atoms with Crippen LogP contribution in [0.5, 0.6) is 0 Å². The van der Waals surface area contributed by atoms with E-state index in [1.807, 2.05) is 36.4 Å². The van der Waals surface area contributed by atoms with Gasteiger partial charge in [0.1, 0.15) is 11.5 Å². The van der Waals surface area contributed by atoms with Crippen LogP contribution < -0.4 is 16.8 Å². The molecule has 1 aromatic heterocycles. The monoisotopic (exact) mass is 381 g/mol. The van der Waals surface area contributed by atoms with Crippen molar-refractivity contribution in [2.45, 2.75) is 9.79 Å². The van der Waals surface area contributed by atoms with E-state index in [1.165, 1.54) is 11.8 Å². The molecule has 0 radical (unpaired) electrons. The van der Waals surface area contributed by atoms with E-state index in [0.29, 0.717) is 11.4 Å². The highest BCUT2D eigenvalue weighted by Crippen LogP contribution is 2.32. The SMILES string of the molecule is NC(=O)Nc1[nH]c(-c2cccc(Sc3ccc(N=O)cc3)c2)cc1C(N)=O. The zero-order valence-corrected chi connectivity index (χ0v) is 14.7. The molecule has 0 atom stereocenters. The first-order valence-electron chi connectivity index (χ1n) is 7.77. The van der Waals surface area contributed by atoms with Crippen LogP contribution in [0.25, 0.3) is 11.3 Å². The predicted octanol–water partition coefficient (Wildman–Crippen LogP) is 3.82. The number of carbonyl (C=O) groups is 2. The number of H-pyrrole nitrogens is 1. The van der Waals surface area contributed by atoms with Crippen molar-refractivity contribution in [3.63, 3.8) is 0 Å². The van der Waals surface area contributed by atoms with Gasteiger partial charge < -0.3 is 16.5 Å². The van der Waals surface area contributed by atoms with Crippen LogP contribution in [0.3, 0.4) is 0 Å². The molecule has 0 unspecified atom stereocenters. The minimum absolute atomic E-state index is 0.138. The molecule has 0 fully saturated rings. The molecule has 136 valence electrons. The fourth-order valence-electron chi connectivity index (χ4n) is 2.46. The molecule has 0 aliphatic carbocycles. The van der Waals surface area contributed by atoms with Gasteiger partial charge in [-0.05, 0) is 53.2 Å². The lowest BCUT2D eigenvalue weighted by Gasteiger charge is -2.05. The van der Waals surface area contributed by atoms with Crippen molar-refractivity contribution in [2.24, 2.45) is 16.6 Å². The number of amides is 3. The Morgan fingerprint density at radius 2 is 1.74 bits per heavy atom. The number of benzene rings is 2. The Bertz CT molecular complexity index is 1010. The number of nitrogens with two attached hydrogens (primary N) is 2. The third-order valence-corrected chi connectivity index (χ3v) is 4.65. The molecule has 6 N–H and O–H groups in total. The minimum atomic E-state index is -0.802. The molecular formula is C18H15N5O3S. The maximum atomic E-state index is 11.6. The zero-order chi connectivity index (χ0) is 19.4. The van der Waals surface area contributed by atoms with E-state index in [4.69, 9.17) is 11.5 Å². The second kappa shape index (κ2) is 7.75. The summed E-state index contributed by atoms with van der Waals surface area (Å²) in [5.74, 6) is -0.532. The largest absolute Gasteiger partial charge is 0.365 e. The molecule has 3 amide bonds.